The van der Waals surface area contributed by atoms with Crippen molar-refractivity contribution in [3.8, 4) is 22.8 Å². The lowest BCUT2D eigenvalue weighted by atomic mass is 9.98. The van der Waals surface area contributed by atoms with Gasteiger partial charge in [-0.05, 0) is 39.8 Å². The predicted octanol–water partition coefficient (Wildman–Crippen LogP) is 3.95. The molecule has 148 valence electrons. The summed E-state index contributed by atoms with van der Waals surface area (Å²) >= 11 is 0. The average Bonchev–Trinajstić information content (AvgIpc) is 3.26. The Morgan fingerprint density at radius 2 is 1.53 bits per heavy atom. The fourth-order valence-electron chi connectivity index (χ4n) is 3.82. The Bertz CT molecular complexity index is 1360. The zero-order valence-electron chi connectivity index (χ0n) is 16.6. The van der Waals surface area contributed by atoms with Gasteiger partial charge in [-0.2, -0.15) is 4.52 Å². The molecule has 2 aromatic heterocycles. The van der Waals surface area contributed by atoms with Gasteiger partial charge in [0.1, 0.15) is 11.5 Å². The van der Waals surface area contributed by atoms with Gasteiger partial charge in [-0.25, -0.2) is 4.98 Å². The van der Waals surface area contributed by atoms with Crippen LogP contribution in [0.3, 0.4) is 0 Å². The third-order valence-electron chi connectivity index (χ3n) is 5.19. The number of tetrazole rings is 1. The van der Waals surface area contributed by atoms with Crippen LogP contribution in [0, 0.1) is 0 Å². The van der Waals surface area contributed by atoms with Gasteiger partial charge >= 0.3 is 0 Å². The number of nitrogens with zero attached hydrogens (tertiary/aromatic N) is 5. The first kappa shape index (κ1) is 18.1. The van der Waals surface area contributed by atoms with Crippen molar-refractivity contribution in [3.63, 3.8) is 0 Å². The Morgan fingerprint density at radius 3 is 2.37 bits per heavy atom. The minimum Gasteiger partial charge on any atom is -0.496 e. The van der Waals surface area contributed by atoms with Gasteiger partial charge in [-0.15, -0.1) is 0 Å². The van der Waals surface area contributed by atoms with Crippen LogP contribution < -0.4 is 9.47 Å². The molecule has 0 bridgehead atoms. The number of rotatable bonds is 5. The summed E-state index contributed by atoms with van der Waals surface area (Å²) in [6, 6.07) is 22.0. The van der Waals surface area contributed by atoms with Gasteiger partial charge < -0.3 is 9.47 Å². The van der Waals surface area contributed by atoms with Crippen LogP contribution in [-0.2, 0) is 6.42 Å². The molecule has 0 atom stereocenters. The fourth-order valence-corrected chi connectivity index (χ4v) is 3.82. The van der Waals surface area contributed by atoms with E-state index < -0.39 is 0 Å². The summed E-state index contributed by atoms with van der Waals surface area (Å²) in [4.78, 5) is 4.78. The van der Waals surface area contributed by atoms with Gasteiger partial charge in [-0.1, -0.05) is 53.6 Å². The van der Waals surface area contributed by atoms with E-state index in [1.165, 1.54) is 0 Å². The topological polar surface area (TPSA) is 74.4 Å². The van der Waals surface area contributed by atoms with E-state index in [1.807, 2.05) is 54.6 Å². The maximum Gasteiger partial charge on any atom is 0.274 e. The van der Waals surface area contributed by atoms with E-state index >= 15 is 0 Å². The highest BCUT2D eigenvalue weighted by Crippen LogP contribution is 2.35. The molecule has 7 nitrogen and oxygen atoms in total. The molecule has 30 heavy (non-hydrogen) atoms. The summed E-state index contributed by atoms with van der Waals surface area (Å²) in [5.74, 6) is 2.04. The molecule has 0 spiro atoms. The predicted molar refractivity (Wildman–Crippen MR) is 114 cm³/mol. The third-order valence-corrected chi connectivity index (χ3v) is 5.19. The molecule has 0 aliphatic heterocycles. The highest BCUT2D eigenvalue weighted by molar-refractivity contribution is 5.97. The molecule has 0 amide bonds. The van der Waals surface area contributed by atoms with Crippen LogP contribution in [0.25, 0.3) is 27.9 Å². The van der Waals surface area contributed by atoms with E-state index in [4.69, 9.17) is 14.5 Å². The number of para-hydroxylation sites is 3. The van der Waals surface area contributed by atoms with Crippen molar-refractivity contribution in [1.29, 1.82) is 0 Å². The number of ether oxygens (including phenoxy) is 2. The molecular weight excluding hydrogens is 378 g/mol. The van der Waals surface area contributed by atoms with E-state index in [0.29, 0.717) is 12.2 Å². The van der Waals surface area contributed by atoms with Crippen LogP contribution in [0.5, 0.6) is 11.5 Å². The van der Waals surface area contributed by atoms with Crippen molar-refractivity contribution in [1.82, 2.24) is 25.0 Å². The van der Waals surface area contributed by atoms with Crippen molar-refractivity contribution >= 4 is 16.7 Å². The second-order valence-electron chi connectivity index (χ2n) is 6.85. The SMILES string of the molecule is COc1ccccc1Cc1cccc2c(-c3ccccc3OC)n3nnnc3nc12. The van der Waals surface area contributed by atoms with Gasteiger partial charge in [0.15, 0.2) is 0 Å². The van der Waals surface area contributed by atoms with Gasteiger partial charge in [0.25, 0.3) is 5.78 Å². The Balaban J connectivity index is 1.79. The molecule has 2 heterocycles. The van der Waals surface area contributed by atoms with E-state index in [2.05, 4.69) is 27.7 Å². The molecule has 5 aromatic rings. The van der Waals surface area contributed by atoms with Gasteiger partial charge in [0.2, 0.25) is 0 Å². The monoisotopic (exact) mass is 397 g/mol. The summed E-state index contributed by atoms with van der Waals surface area (Å²) in [6.45, 7) is 0. The number of fused-ring (bicyclic) bond motifs is 2. The summed E-state index contributed by atoms with van der Waals surface area (Å²) in [5.41, 5.74) is 4.76. The van der Waals surface area contributed by atoms with Crippen LogP contribution in [0.4, 0.5) is 0 Å². The smallest absolute Gasteiger partial charge is 0.274 e. The van der Waals surface area contributed by atoms with E-state index in [0.717, 1.165) is 44.8 Å². The quantitative estimate of drug-likeness (QED) is 0.447. The zero-order chi connectivity index (χ0) is 20.5. The fraction of sp³-hybridized carbons (Fsp3) is 0.130. The number of hydrogen-bond donors (Lipinski definition) is 0. The van der Waals surface area contributed by atoms with Crippen LogP contribution in [0.2, 0.25) is 0 Å². The number of hydrogen-bond acceptors (Lipinski definition) is 6. The van der Waals surface area contributed by atoms with Gasteiger partial charge in [0, 0.05) is 17.4 Å². The van der Waals surface area contributed by atoms with E-state index in [-0.39, 0.29) is 0 Å². The zero-order valence-corrected chi connectivity index (χ0v) is 16.6. The third kappa shape index (κ3) is 2.91. The number of aromatic nitrogens is 5. The first-order valence-electron chi connectivity index (χ1n) is 9.55. The van der Waals surface area contributed by atoms with Gasteiger partial charge in [-0.3, -0.25) is 0 Å². The lowest BCUT2D eigenvalue weighted by molar-refractivity contribution is 0.410. The molecule has 5 rings (SSSR count). The first-order chi connectivity index (χ1) is 14.8. The molecule has 0 fully saturated rings. The standard InChI is InChI=1S/C23H19N5O2/c1-29-19-12-5-3-8-15(19)14-16-9-7-11-18-21(16)24-23-25-26-27-28(23)22(18)17-10-4-6-13-20(17)30-2/h3-13H,14H2,1-2H3. The minimum absolute atomic E-state index is 0.441. The van der Waals surface area contributed by atoms with Gasteiger partial charge in [0.05, 0.1) is 25.4 Å². The van der Waals surface area contributed by atoms with Crippen molar-refractivity contribution in [3.05, 3.63) is 77.9 Å². The summed E-state index contributed by atoms with van der Waals surface area (Å²) < 4.78 is 12.8. The van der Waals surface area contributed by atoms with E-state index in [1.54, 1.807) is 18.7 Å². The molecule has 0 N–H and O–H groups in total. The van der Waals surface area contributed by atoms with Crippen molar-refractivity contribution < 1.29 is 9.47 Å². The van der Waals surface area contributed by atoms with Crippen LogP contribution >= 0.6 is 0 Å². The number of methoxy groups -OCH3 is 2. The molecule has 0 unspecified atom stereocenters. The second-order valence-corrected chi connectivity index (χ2v) is 6.85. The van der Waals surface area contributed by atoms with Crippen LogP contribution in [0.1, 0.15) is 11.1 Å². The van der Waals surface area contributed by atoms with Crippen molar-refractivity contribution in [2.24, 2.45) is 0 Å². The lowest BCUT2D eigenvalue weighted by Gasteiger charge is -2.14. The molecule has 0 saturated heterocycles. The Morgan fingerprint density at radius 1 is 0.800 bits per heavy atom. The molecule has 0 aliphatic rings. The molecule has 0 saturated carbocycles. The first-order valence-corrected chi connectivity index (χ1v) is 9.55. The molecular formula is C23H19N5O2. The lowest BCUT2D eigenvalue weighted by Crippen LogP contribution is -2.03. The largest absolute Gasteiger partial charge is 0.496 e. The van der Waals surface area contributed by atoms with Crippen LogP contribution in [-0.4, -0.2) is 39.2 Å². The average molecular weight is 397 g/mol. The maximum atomic E-state index is 5.61. The normalized spacial score (nSPS) is 11.1. The van der Waals surface area contributed by atoms with Crippen molar-refractivity contribution in [2.75, 3.05) is 14.2 Å². The summed E-state index contributed by atoms with van der Waals surface area (Å²) in [7, 11) is 3.34. The van der Waals surface area contributed by atoms with Crippen molar-refractivity contribution in [2.45, 2.75) is 6.42 Å². The number of benzene rings is 3. The Labute approximate surface area is 172 Å². The second kappa shape index (κ2) is 7.44. The molecule has 0 aliphatic carbocycles. The Kier molecular flexibility index (Phi) is 4.48. The minimum atomic E-state index is 0.441. The maximum absolute atomic E-state index is 5.61. The summed E-state index contributed by atoms with van der Waals surface area (Å²) in [5, 5.41) is 13.1. The van der Waals surface area contributed by atoms with E-state index in [9.17, 15) is 0 Å². The molecule has 3 aromatic carbocycles. The molecule has 7 heteroatoms. The summed E-state index contributed by atoms with van der Waals surface area (Å²) in [6.07, 6.45) is 0.678. The highest BCUT2D eigenvalue weighted by Gasteiger charge is 2.18. The van der Waals surface area contributed by atoms with Crippen LogP contribution in [0.15, 0.2) is 66.7 Å². The Hall–Kier alpha value is -4.00. The highest BCUT2D eigenvalue weighted by atomic mass is 16.5. The molecule has 0 radical (unpaired) electrons.